The minimum absolute atomic E-state index is 0.294. The number of benzene rings is 2. The van der Waals surface area contributed by atoms with Gasteiger partial charge in [-0.1, -0.05) is 36.4 Å². The van der Waals surface area contributed by atoms with Crippen LogP contribution >= 0.6 is 0 Å². The topological polar surface area (TPSA) is 85.2 Å². The first-order chi connectivity index (χ1) is 13.8. The number of hydrogen-bond donors (Lipinski definition) is 2. The number of nitrogens with one attached hydrogen (secondary N) is 2. The smallest absolute Gasteiger partial charge is 0.412 e. The molecule has 1 aromatic heterocycles. The van der Waals surface area contributed by atoms with Gasteiger partial charge in [0.05, 0.1) is 18.4 Å². The van der Waals surface area contributed by atoms with Crippen LogP contribution in [0.25, 0.3) is 0 Å². The Morgan fingerprint density at radius 3 is 2.48 bits per heavy atom. The van der Waals surface area contributed by atoms with Crippen LogP contribution in [0.15, 0.2) is 67.0 Å². The predicted octanol–water partition coefficient (Wildman–Crippen LogP) is 4.53. The third kappa shape index (κ3) is 6.21. The molecule has 0 bridgehead atoms. The van der Waals surface area contributed by atoms with Crippen LogP contribution in [0.4, 0.5) is 16.2 Å². The quantitative estimate of drug-likeness (QED) is 0.668. The van der Waals surface area contributed by atoms with E-state index in [1.165, 1.54) is 0 Å². The summed E-state index contributed by atoms with van der Waals surface area (Å²) in [4.78, 5) is 24.5. The fourth-order valence-electron chi connectivity index (χ4n) is 2.65. The van der Waals surface area contributed by atoms with E-state index in [4.69, 9.17) is 4.74 Å². The Kier molecular flexibility index (Phi) is 5.97. The van der Waals surface area contributed by atoms with E-state index in [1.807, 2.05) is 30.3 Å². The molecular formula is C22H24N4O3. The second-order valence-corrected chi connectivity index (χ2v) is 7.57. The van der Waals surface area contributed by atoms with Crippen LogP contribution in [0, 0.1) is 0 Å². The van der Waals surface area contributed by atoms with Crippen molar-refractivity contribution in [3.05, 3.63) is 78.1 Å². The van der Waals surface area contributed by atoms with Crippen LogP contribution in [0.2, 0.25) is 0 Å². The van der Waals surface area contributed by atoms with Crippen LogP contribution in [0.1, 0.15) is 36.7 Å². The number of nitrogens with zero attached hydrogens (tertiary/aromatic N) is 2. The Hall–Kier alpha value is -3.61. The molecule has 0 aliphatic rings. The molecule has 0 saturated heterocycles. The number of amides is 2. The molecule has 2 N–H and O–H groups in total. The van der Waals surface area contributed by atoms with Crippen molar-refractivity contribution in [2.75, 3.05) is 10.6 Å². The Bertz CT molecular complexity index is 991. The fraction of sp³-hybridized carbons (Fsp3) is 0.227. The van der Waals surface area contributed by atoms with Crippen molar-refractivity contribution >= 4 is 23.4 Å². The molecule has 0 saturated carbocycles. The van der Waals surface area contributed by atoms with Crippen molar-refractivity contribution in [2.24, 2.45) is 0 Å². The second kappa shape index (κ2) is 8.60. The molecule has 2 aromatic carbocycles. The highest BCUT2D eigenvalue weighted by Crippen LogP contribution is 2.15. The van der Waals surface area contributed by atoms with Crippen molar-refractivity contribution in [3.8, 4) is 0 Å². The zero-order chi connectivity index (χ0) is 20.9. The Morgan fingerprint density at radius 2 is 1.76 bits per heavy atom. The lowest BCUT2D eigenvalue weighted by molar-refractivity contribution is 0.0635. The summed E-state index contributed by atoms with van der Waals surface area (Å²) in [6.07, 6.45) is 2.80. The molecule has 0 atom stereocenters. The van der Waals surface area contributed by atoms with E-state index in [0.717, 1.165) is 5.56 Å². The average molecular weight is 392 g/mol. The van der Waals surface area contributed by atoms with Crippen molar-refractivity contribution in [2.45, 2.75) is 32.9 Å². The van der Waals surface area contributed by atoms with Gasteiger partial charge < -0.3 is 10.1 Å². The van der Waals surface area contributed by atoms with Crippen LogP contribution in [0.3, 0.4) is 0 Å². The normalized spacial score (nSPS) is 11.0. The number of aromatic nitrogens is 2. The summed E-state index contributed by atoms with van der Waals surface area (Å²) in [5.41, 5.74) is 2.01. The molecule has 0 radical (unpaired) electrons. The largest absolute Gasteiger partial charge is 0.444 e. The van der Waals surface area contributed by atoms with Gasteiger partial charge >= 0.3 is 6.09 Å². The summed E-state index contributed by atoms with van der Waals surface area (Å²) in [6, 6.07) is 16.6. The van der Waals surface area contributed by atoms with E-state index in [1.54, 1.807) is 62.1 Å². The first-order valence-corrected chi connectivity index (χ1v) is 9.26. The summed E-state index contributed by atoms with van der Waals surface area (Å²) >= 11 is 0. The van der Waals surface area contributed by atoms with Crippen molar-refractivity contribution in [1.82, 2.24) is 9.78 Å². The molecule has 0 unspecified atom stereocenters. The summed E-state index contributed by atoms with van der Waals surface area (Å²) in [7, 11) is 0. The minimum Gasteiger partial charge on any atom is -0.444 e. The van der Waals surface area contributed by atoms with Crippen LogP contribution < -0.4 is 10.6 Å². The third-order valence-electron chi connectivity index (χ3n) is 3.85. The van der Waals surface area contributed by atoms with Crippen LogP contribution in [-0.4, -0.2) is 27.4 Å². The van der Waals surface area contributed by atoms with Gasteiger partial charge in [0.1, 0.15) is 5.60 Å². The summed E-state index contributed by atoms with van der Waals surface area (Å²) < 4.78 is 6.98. The molecule has 0 aliphatic carbocycles. The maximum Gasteiger partial charge on any atom is 0.412 e. The summed E-state index contributed by atoms with van der Waals surface area (Å²) in [5, 5.41) is 9.73. The van der Waals surface area contributed by atoms with Gasteiger partial charge in [0.25, 0.3) is 5.91 Å². The zero-order valence-electron chi connectivity index (χ0n) is 16.7. The van der Waals surface area contributed by atoms with Gasteiger partial charge in [0.15, 0.2) is 0 Å². The minimum atomic E-state index is -0.598. The van der Waals surface area contributed by atoms with Gasteiger partial charge in [-0.15, -0.1) is 0 Å². The molecule has 3 rings (SSSR count). The molecule has 7 heteroatoms. The van der Waals surface area contributed by atoms with E-state index in [9.17, 15) is 9.59 Å². The second-order valence-electron chi connectivity index (χ2n) is 7.57. The van der Waals surface area contributed by atoms with Crippen LogP contribution in [-0.2, 0) is 11.3 Å². The average Bonchev–Trinajstić information content (AvgIpc) is 3.08. The maximum atomic E-state index is 12.6. The fourth-order valence-corrected chi connectivity index (χ4v) is 2.65. The lowest BCUT2D eigenvalue weighted by Crippen LogP contribution is -2.27. The number of carbonyl (C=O) groups is 2. The molecular weight excluding hydrogens is 368 g/mol. The lowest BCUT2D eigenvalue weighted by atomic mass is 10.2. The van der Waals surface area contributed by atoms with Gasteiger partial charge in [-0.3, -0.25) is 14.8 Å². The van der Waals surface area contributed by atoms with Crippen molar-refractivity contribution in [3.63, 3.8) is 0 Å². The van der Waals surface area contributed by atoms with Gasteiger partial charge in [-0.25, -0.2) is 4.79 Å². The zero-order valence-corrected chi connectivity index (χ0v) is 16.7. The predicted molar refractivity (Wildman–Crippen MR) is 112 cm³/mol. The molecule has 150 valence electrons. The SMILES string of the molecule is CC(C)(C)OC(=O)Nc1cccc(C(=O)Nc2cnn(Cc3ccccc3)c2)c1. The number of carbonyl (C=O) groups excluding carboxylic acids is 2. The van der Waals surface area contributed by atoms with E-state index < -0.39 is 11.7 Å². The van der Waals surface area contributed by atoms with Crippen LogP contribution in [0.5, 0.6) is 0 Å². The maximum absolute atomic E-state index is 12.6. The van der Waals surface area contributed by atoms with Crippen molar-refractivity contribution < 1.29 is 14.3 Å². The Morgan fingerprint density at radius 1 is 1.00 bits per heavy atom. The highest BCUT2D eigenvalue weighted by molar-refractivity contribution is 6.05. The first kappa shape index (κ1) is 20.1. The lowest BCUT2D eigenvalue weighted by Gasteiger charge is -2.19. The number of ether oxygens (including phenoxy) is 1. The van der Waals surface area contributed by atoms with E-state index >= 15 is 0 Å². The van der Waals surface area contributed by atoms with E-state index in [0.29, 0.717) is 23.5 Å². The number of anilines is 2. The Balaban J connectivity index is 1.62. The molecule has 0 spiro atoms. The summed E-state index contributed by atoms with van der Waals surface area (Å²) in [5.74, 6) is -0.294. The van der Waals surface area contributed by atoms with E-state index in [-0.39, 0.29) is 5.91 Å². The highest BCUT2D eigenvalue weighted by Gasteiger charge is 2.16. The molecule has 29 heavy (non-hydrogen) atoms. The Labute approximate surface area is 169 Å². The highest BCUT2D eigenvalue weighted by atomic mass is 16.6. The first-order valence-electron chi connectivity index (χ1n) is 9.26. The van der Waals surface area contributed by atoms with Gasteiger partial charge in [-0.05, 0) is 44.5 Å². The monoisotopic (exact) mass is 392 g/mol. The summed E-state index contributed by atoms with van der Waals surface area (Å²) in [6.45, 7) is 5.98. The standard InChI is InChI=1S/C22H24N4O3/c1-22(2,3)29-21(28)25-18-11-7-10-17(12-18)20(27)24-19-13-23-26(15-19)14-16-8-5-4-6-9-16/h4-13,15H,14H2,1-3H3,(H,24,27)(H,25,28). The van der Waals surface area contributed by atoms with Crippen molar-refractivity contribution in [1.29, 1.82) is 0 Å². The van der Waals surface area contributed by atoms with Gasteiger partial charge in [-0.2, -0.15) is 5.10 Å². The molecule has 1 heterocycles. The molecule has 0 aliphatic heterocycles. The number of rotatable bonds is 5. The third-order valence-corrected chi connectivity index (χ3v) is 3.85. The molecule has 0 fully saturated rings. The molecule has 2 amide bonds. The van der Waals surface area contributed by atoms with Gasteiger partial charge in [0.2, 0.25) is 0 Å². The molecule has 7 nitrogen and oxygen atoms in total. The van der Waals surface area contributed by atoms with E-state index in [2.05, 4.69) is 15.7 Å². The molecule has 3 aromatic rings. The van der Waals surface area contributed by atoms with Gasteiger partial charge in [0, 0.05) is 17.4 Å². The number of hydrogen-bond acceptors (Lipinski definition) is 4.